The number of benzene rings is 2. The number of hydrogen-bond acceptors (Lipinski definition) is 5. The topological polar surface area (TPSA) is 66.0 Å². The maximum Gasteiger partial charge on any atom is 0.247 e. The predicted molar refractivity (Wildman–Crippen MR) is 93.5 cm³/mol. The van der Waals surface area contributed by atoms with E-state index in [2.05, 4.69) is 27.2 Å². The molecule has 0 aliphatic carbocycles. The second-order valence-corrected chi connectivity index (χ2v) is 6.34. The van der Waals surface area contributed by atoms with Crippen molar-refractivity contribution in [3.63, 3.8) is 0 Å². The number of rotatable bonds is 4. The summed E-state index contributed by atoms with van der Waals surface area (Å²) in [5, 5.41) is 17.5. The van der Waals surface area contributed by atoms with Gasteiger partial charge in [0.05, 0.1) is 17.6 Å². The third-order valence-corrected chi connectivity index (χ3v) is 4.55. The molecule has 5 nitrogen and oxygen atoms in total. The molecular weight excluding hydrogens is 312 g/mol. The van der Waals surface area contributed by atoms with Crippen LogP contribution in [0.3, 0.4) is 0 Å². The molecule has 3 aromatic rings. The van der Waals surface area contributed by atoms with Gasteiger partial charge in [0.15, 0.2) is 0 Å². The molecule has 4 rings (SSSR count). The largest absolute Gasteiger partial charge is 0.420 e. The van der Waals surface area contributed by atoms with Crippen molar-refractivity contribution in [1.29, 1.82) is 5.26 Å². The average Bonchev–Trinajstić information content (AvgIpc) is 3.32. The van der Waals surface area contributed by atoms with Crippen LogP contribution in [0.2, 0.25) is 0 Å². The zero-order valence-electron chi connectivity index (χ0n) is 13.8. The van der Waals surface area contributed by atoms with Gasteiger partial charge < -0.3 is 4.42 Å². The molecule has 1 fully saturated rings. The van der Waals surface area contributed by atoms with Crippen molar-refractivity contribution in [2.75, 3.05) is 13.1 Å². The van der Waals surface area contributed by atoms with E-state index in [1.807, 2.05) is 48.5 Å². The molecule has 2 heterocycles. The summed E-state index contributed by atoms with van der Waals surface area (Å²) in [5.41, 5.74) is 2.82. The molecule has 0 amide bonds. The fourth-order valence-corrected chi connectivity index (χ4v) is 3.27. The summed E-state index contributed by atoms with van der Waals surface area (Å²) in [6.45, 7) is 2.73. The SMILES string of the molecule is N#Cc1cccc(CN2CCC(c3nnc(-c4ccccc4)o3)C2)c1. The van der Waals surface area contributed by atoms with Crippen LogP contribution in [0.15, 0.2) is 59.0 Å². The Balaban J connectivity index is 1.42. The minimum absolute atomic E-state index is 0.268. The van der Waals surface area contributed by atoms with E-state index in [1.165, 1.54) is 0 Å². The van der Waals surface area contributed by atoms with Gasteiger partial charge in [-0.2, -0.15) is 5.26 Å². The maximum absolute atomic E-state index is 9.02. The first-order valence-electron chi connectivity index (χ1n) is 8.42. The Bertz CT molecular complexity index is 897. The minimum Gasteiger partial charge on any atom is -0.420 e. The zero-order chi connectivity index (χ0) is 17.1. The summed E-state index contributed by atoms with van der Waals surface area (Å²) in [6.07, 6.45) is 1.01. The van der Waals surface area contributed by atoms with Crippen molar-refractivity contribution < 1.29 is 4.42 Å². The summed E-state index contributed by atoms with van der Waals surface area (Å²) < 4.78 is 5.90. The minimum atomic E-state index is 0.268. The number of likely N-dealkylation sites (tertiary alicyclic amines) is 1. The fraction of sp³-hybridized carbons (Fsp3) is 0.250. The molecule has 1 unspecified atom stereocenters. The monoisotopic (exact) mass is 330 g/mol. The molecule has 0 saturated carbocycles. The molecule has 1 aromatic heterocycles. The summed E-state index contributed by atoms with van der Waals surface area (Å²) in [4.78, 5) is 2.37. The lowest BCUT2D eigenvalue weighted by molar-refractivity contribution is 0.320. The highest BCUT2D eigenvalue weighted by molar-refractivity contribution is 5.51. The van der Waals surface area contributed by atoms with Crippen molar-refractivity contribution in [3.8, 4) is 17.5 Å². The van der Waals surface area contributed by atoms with Crippen LogP contribution in [0.25, 0.3) is 11.5 Å². The van der Waals surface area contributed by atoms with Crippen LogP contribution in [-0.2, 0) is 6.54 Å². The van der Waals surface area contributed by atoms with Gasteiger partial charge >= 0.3 is 0 Å². The van der Waals surface area contributed by atoms with Gasteiger partial charge in [-0.1, -0.05) is 30.3 Å². The Hall–Kier alpha value is -2.97. The van der Waals surface area contributed by atoms with Gasteiger partial charge in [-0.3, -0.25) is 4.90 Å². The number of nitrogens with zero attached hydrogens (tertiary/aromatic N) is 4. The van der Waals surface area contributed by atoms with Gasteiger partial charge in [0.25, 0.3) is 0 Å². The van der Waals surface area contributed by atoms with E-state index in [9.17, 15) is 0 Å². The van der Waals surface area contributed by atoms with E-state index >= 15 is 0 Å². The smallest absolute Gasteiger partial charge is 0.247 e. The second-order valence-electron chi connectivity index (χ2n) is 6.34. The first-order chi connectivity index (χ1) is 12.3. The molecule has 1 aliphatic rings. The van der Waals surface area contributed by atoms with Crippen LogP contribution < -0.4 is 0 Å². The van der Waals surface area contributed by atoms with Crippen LogP contribution in [-0.4, -0.2) is 28.2 Å². The van der Waals surface area contributed by atoms with Gasteiger partial charge in [0.2, 0.25) is 11.8 Å². The molecule has 0 N–H and O–H groups in total. The van der Waals surface area contributed by atoms with Crippen LogP contribution in [0, 0.1) is 11.3 Å². The van der Waals surface area contributed by atoms with Gasteiger partial charge in [-0.05, 0) is 42.8 Å². The lowest BCUT2D eigenvalue weighted by Gasteiger charge is -2.15. The van der Waals surface area contributed by atoms with Gasteiger partial charge in [0.1, 0.15) is 0 Å². The van der Waals surface area contributed by atoms with Gasteiger partial charge in [0, 0.05) is 18.7 Å². The standard InChI is InChI=1S/C20H18N4O/c21-12-15-5-4-6-16(11-15)13-24-10-9-18(14-24)20-23-22-19(25-20)17-7-2-1-3-8-17/h1-8,11,18H,9-10,13-14H2. The highest BCUT2D eigenvalue weighted by Gasteiger charge is 2.28. The molecular formula is C20H18N4O. The molecule has 1 saturated heterocycles. The Kier molecular flexibility index (Phi) is 4.28. The molecule has 2 aromatic carbocycles. The van der Waals surface area contributed by atoms with Crippen molar-refractivity contribution in [3.05, 3.63) is 71.6 Å². The summed E-state index contributed by atoms with van der Waals surface area (Å²) >= 11 is 0. The van der Waals surface area contributed by atoms with Gasteiger partial charge in [-0.25, -0.2) is 0 Å². The van der Waals surface area contributed by atoms with Crippen LogP contribution in [0.5, 0.6) is 0 Å². The van der Waals surface area contributed by atoms with Crippen molar-refractivity contribution in [1.82, 2.24) is 15.1 Å². The summed E-state index contributed by atoms with van der Waals surface area (Å²) in [5.74, 6) is 1.56. The highest BCUT2D eigenvalue weighted by Crippen LogP contribution is 2.29. The predicted octanol–water partition coefficient (Wildman–Crippen LogP) is 3.60. The average molecular weight is 330 g/mol. The van der Waals surface area contributed by atoms with Crippen LogP contribution in [0.1, 0.15) is 29.4 Å². The normalized spacial score (nSPS) is 17.5. The molecule has 1 aliphatic heterocycles. The number of hydrogen-bond donors (Lipinski definition) is 0. The first kappa shape index (κ1) is 15.6. The lowest BCUT2D eigenvalue weighted by atomic mass is 10.1. The van der Waals surface area contributed by atoms with Gasteiger partial charge in [-0.15, -0.1) is 10.2 Å². The van der Waals surface area contributed by atoms with E-state index in [-0.39, 0.29) is 5.92 Å². The molecule has 5 heteroatoms. The van der Waals surface area contributed by atoms with Crippen molar-refractivity contribution in [2.45, 2.75) is 18.9 Å². The third-order valence-electron chi connectivity index (χ3n) is 4.55. The first-order valence-corrected chi connectivity index (χ1v) is 8.42. The molecule has 0 radical (unpaired) electrons. The second kappa shape index (κ2) is 6.88. The van der Waals surface area contributed by atoms with E-state index < -0.39 is 0 Å². The Labute approximate surface area is 146 Å². The Morgan fingerprint density at radius 2 is 2.00 bits per heavy atom. The maximum atomic E-state index is 9.02. The van der Waals surface area contributed by atoms with Crippen molar-refractivity contribution >= 4 is 0 Å². The van der Waals surface area contributed by atoms with E-state index in [0.717, 1.165) is 37.2 Å². The van der Waals surface area contributed by atoms with E-state index in [0.29, 0.717) is 17.3 Å². The number of aromatic nitrogens is 2. The molecule has 124 valence electrons. The third kappa shape index (κ3) is 3.44. The Morgan fingerprint density at radius 1 is 1.12 bits per heavy atom. The van der Waals surface area contributed by atoms with Crippen LogP contribution >= 0.6 is 0 Å². The molecule has 0 bridgehead atoms. The zero-order valence-corrected chi connectivity index (χ0v) is 13.8. The molecule has 0 spiro atoms. The quantitative estimate of drug-likeness (QED) is 0.731. The van der Waals surface area contributed by atoms with Crippen molar-refractivity contribution in [2.24, 2.45) is 0 Å². The molecule has 1 atom stereocenters. The summed E-state index contributed by atoms with van der Waals surface area (Å²) in [6, 6.07) is 19.8. The summed E-state index contributed by atoms with van der Waals surface area (Å²) in [7, 11) is 0. The van der Waals surface area contributed by atoms with Crippen LogP contribution in [0.4, 0.5) is 0 Å². The van der Waals surface area contributed by atoms with E-state index in [1.54, 1.807) is 0 Å². The lowest BCUT2D eigenvalue weighted by Crippen LogP contribution is -2.19. The van der Waals surface area contributed by atoms with E-state index in [4.69, 9.17) is 9.68 Å². The molecule has 25 heavy (non-hydrogen) atoms. The fourth-order valence-electron chi connectivity index (χ4n) is 3.27. The number of nitriles is 1. The highest BCUT2D eigenvalue weighted by atomic mass is 16.4. The Morgan fingerprint density at radius 3 is 2.84 bits per heavy atom.